The van der Waals surface area contributed by atoms with Crippen LogP contribution in [0.4, 0.5) is 0 Å². The third-order valence-corrected chi connectivity index (χ3v) is 3.06. The van der Waals surface area contributed by atoms with E-state index in [-0.39, 0.29) is 0 Å². The van der Waals surface area contributed by atoms with E-state index >= 15 is 0 Å². The smallest absolute Gasteiger partial charge is 0.169 e. The molecule has 15 heavy (non-hydrogen) atoms. The van der Waals surface area contributed by atoms with Crippen LogP contribution in [0.1, 0.15) is 28.1 Å². The molecule has 0 saturated heterocycles. The monoisotopic (exact) mass is 221 g/mol. The largest absolute Gasteiger partial charge is 0.331 e. The number of nitrogens with zero attached hydrogens (tertiary/aromatic N) is 3. The van der Waals surface area contributed by atoms with E-state index in [1.165, 1.54) is 0 Å². The zero-order chi connectivity index (χ0) is 10.7. The number of aromatic nitrogens is 3. The molecule has 0 bridgehead atoms. The van der Waals surface area contributed by atoms with Crippen LogP contribution in [-0.4, -0.2) is 20.8 Å². The van der Waals surface area contributed by atoms with Crippen LogP contribution in [-0.2, 0) is 13.0 Å². The quantitative estimate of drug-likeness (QED) is 0.739. The standard InChI is InChI=1S/C10H11N3OS/c1-2-10-12-9(6-15-10)4-13-3-8(5-14)11-7-13/h3,5-7H,2,4H2,1H3. The second-order valence-electron chi connectivity index (χ2n) is 3.17. The summed E-state index contributed by atoms with van der Waals surface area (Å²) in [5, 5.41) is 3.18. The summed E-state index contributed by atoms with van der Waals surface area (Å²) in [5.41, 5.74) is 1.48. The number of rotatable bonds is 4. The average molecular weight is 221 g/mol. The van der Waals surface area contributed by atoms with Crippen molar-refractivity contribution in [3.8, 4) is 0 Å². The van der Waals surface area contributed by atoms with Crippen LogP contribution >= 0.6 is 11.3 Å². The van der Waals surface area contributed by atoms with Crippen LogP contribution in [0.3, 0.4) is 0 Å². The van der Waals surface area contributed by atoms with Crippen molar-refractivity contribution in [1.82, 2.24) is 14.5 Å². The van der Waals surface area contributed by atoms with Crippen molar-refractivity contribution in [3.63, 3.8) is 0 Å². The van der Waals surface area contributed by atoms with Crippen molar-refractivity contribution in [2.75, 3.05) is 0 Å². The topological polar surface area (TPSA) is 47.8 Å². The Morgan fingerprint density at radius 2 is 2.47 bits per heavy atom. The first-order valence-electron chi connectivity index (χ1n) is 4.72. The second kappa shape index (κ2) is 4.35. The van der Waals surface area contributed by atoms with Crippen LogP contribution in [0.2, 0.25) is 0 Å². The third kappa shape index (κ3) is 2.30. The van der Waals surface area contributed by atoms with Crippen molar-refractivity contribution >= 4 is 17.6 Å². The first kappa shape index (κ1) is 10.0. The zero-order valence-corrected chi connectivity index (χ0v) is 9.20. The second-order valence-corrected chi connectivity index (χ2v) is 4.12. The van der Waals surface area contributed by atoms with Crippen LogP contribution in [0.5, 0.6) is 0 Å². The summed E-state index contributed by atoms with van der Waals surface area (Å²) in [7, 11) is 0. The van der Waals surface area contributed by atoms with Gasteiger partial charge in [0.1, 0.15) is 5.69 Å². The molecule has 0 aliphatic heterocycles. The third-order valence-electron chi connectivity index (χ3n) is 2.02. The van der Waals surface area contributed by atoms with Gasteiger partial charge in [-0.2, -0.15) is 0 Å². The molecule has 2 aromatic heterocycles. The molecule has 0 aliphatic carbocycles. The Balaban J connectivity index is 2.10. The predicted octanol–water partition coefficient (Wildman–Crippen LogP) is 1.76. The molecule has 0 saturated carbocycles. The molecule has 0 aromatic carbocycles. The normalized spacial score (nSPS) is 10.5. The van der Waals surface area contributed by atoms with Gasteiger partial charge >= 0.3 is 0 Å². The maximum absolute atomic E-state index is 10.4. The van der Waals surface area contributed by atoms with Crippen molar-refractivity contribution in [2.45, 2.75) is 19.9 Å². The Morgan fingerprint density at radius 3 is 3.07 bits per heavy atom. The molecule has 0 radical (unpaired) electrons. The number of hydrogen-bond donors (Lipinski definition) is 0. The maximum Gasteiger partial charge on any atom is 0.169 e. The highest BCUT2D eigenvalue weighted by molar-refractivity contribution is 7.09. The van der Waals surface area contributed by atoms with Gasteiger partial charge in [0.05, 0.1) is 23.6 Å². The minimum absolute atomic E-state index is 0.459. The summed E-state index contributed by atoms with van der Waals surface area (Å²) in [4.78, 5) is 18.8. The number of carbonyl (C=O) groups excluding carboxylic acids is 1. The highest BCUT2D eigenvalue weighted by atomic mass is 32.1. The molecule has 0 amide bonds. The van der Waals surface area contributed by atoms with Gasteiger partial charge in [0, 0.05) is 11.6 Å². The van der Waals surface area contributed by atoms with Gasteiger partial charge in [-0.3, -0.25) is 4.79 Å². The van der Waals surface area contributed by atoms with E-state index in [0.717, 1.165) is 23.4 Å². The number of carbonyl (C=O) groups is 1. The summed E-state index contributed by atoms with van der Waals surface area (Å²) in [6.07, 6.45) is 5.08. The Bertz CT molecular complexity index is 461. The van der Waals surface area contributed by atoms with Gasteiger partial charge in [-0.1, -0.05) is 6.92 Å². The van der Waals surface area contributed by atoms with Crippen molar-refractivity contribution < 1.29 is 4.79 Å². The fourth-order valence-corrected chi connectivity index (χ4v) is 2.03. The molecule has 2 rings (SSSR count). The molecule has 0 atom stereocenters. The zero-order valence-electron chi connectivity index (χ0n) is 8.38. The van der Waals surface area contributed by atoms with Crippen LogP contribution < -0.4 is 0 Å². The number of thiazole rings is 1. The number of hydrogen-bond acceptors (Lipinski definition) is 4. The Labute approximate surface area is 91.6 Å². The number of aldehydes is 1. The van der Waals surface area contributed by atoms with Gasteiger partial charge < -0.3 is 4.57 Å². The first-order chi connectivity index (χ1) is 7.31. The minimum Gasteiger partial charge on any atom is -0.331 e. The molecule has 0 fully saturated rings. The van der Waals surface area contributed by atoms with Gasteiger partial charge in [-0.25, -0.2) is 9.97 Å². The minimum atomic E-state index is 0.459. The summed E-state index contributed by atoms with van der Waals surface area (Å²) in [6.45, 7) is 2.77. The van der Waals surface area contributed by atoms with E-state index in [1.54, 1.807) is 23.9 Å². The fraction of sp³-hybridized carbons (Fsp3) is 0.300. The molecule has 4 nitrogen and oxygen atoms in total. The molecule has 2 aromatic rings. The van der Waals surface area contributed by atoms with Crippen molar-refractivity contribution in [1.29, 1.82) is 0 Å². The summed E-state index contributed by atoms with van der Waals surface area (Å²) in [6, 6.07) is 0. The lowest BCUT2D eigenvalue weighted by Crippen LogP contribution is -1.96. The molecule has 0 unspecified atom stereocenters. The van der Waals surface area contributed by atoms with E-state index in [9.17, 15) is 4.79 Å². The number of imidazole rings is 1. The molecule has 0 N–H and O–H groups in total. The maximum atomic E-state index is 10.4. The predicted molar refractivity (Wildman–Crippen MR) is 58.2 cm³/mol. The van der Waals surface area contributed by atoms with Gasteiger partial charge in [0.25, 0.3) is 0 Å². The van der Waals surface area contributed by atoms with Gasteiger partial charge in [0.2, 0.25) is 0 Å². The summed E-state index contributed by atoms with van der Waals surface area (Å²) >= 11 is 1.67. The molecule has 2 heterocycles. The highest BCUT2D eigenvalue weighted by Crippen LogP contribution is 2.11. The fourth-order valence-electron chi connectivity index (χ4n) is 1.30. The van der Waals surface area contributed by atoms with Gasteiger partial charge in [-0.05, 0) is 6.42 Å². The van der Waals surface area contributed by atoms with E-state index in [4.69, 9.17) is 0 Å². The van der Waals surface area contributed by atoms with Crippen LogP contribution in [0, 0.1) is 0 Å². The first-order valence-corrected chi connectivity index (χ1v) is 5.60. The molecule has 5 heteroatoms. The lowest BCUT2D eigenvalue weighted by atomic mass is 10.4. The molecular weight excluding hydrogens is 210 g/mol. The highest BCUT2D eigenvalue weighted by Gasteiger charge is 2.02. The van der Waals surface area contributed by atoms with Crippen molar-refractivity contribution in [3.05, 3.63) is 34.3 Å². The Morgan fingerprint density at radius 1 is 1.60 bits per heavy atom. The SMILES string of the molecule is CCc1nc(Cn2cnc(C=O)c2)cs1. The molecule has 78 valence electrons. The van der Waals surface area contributed by atoms with Gasteiger partial charge in [0.15, 0.2) is 6.29 Å². The van der Waals surface area contributed by atoms with E-state index in [1.807, 2.05) is 9.95 Å². The molecular formula is C10H11N3OS. The lowest BCUT2D eigenvalue weighted by Gasteiger charge is -1.96. The van der Waals surface area contributed by atoms with Crippen molar-refractivity contribution in [2.24, 2.45) is 0 Å². The van der Waals surface area contributed by atoms with E-state index in [2.05, 4.69) is 16.9 Å². The molecule has 0 spiro atoms. The summed E-state index contributed by atoms with van der Waals surface area (Å²) < 4.78 is 1.86. The van der Waals surface area contributed by atoms with E-state index in [0.29, 0.717) is 12.2 Å². The summed E-state index contributed by atoms with van der Waals surface area (Å²) in [5.74, 6) is 0. The van der Waals surface area contributed by atoms with Gasteiger partial charge in [-0.15, -0.1) is 11.3 Å². The molecule has 0 aliphatic rings. The van der Waals surface area contributed by atoms with Crippen LogP contribution in [0.25, 0.3) is 0 Å². The Hall–Kier alpha value is -1.49. The van der Waals surface area contributed by atoms with E-state index < -0.39 is 0 Å². The Kier molecular flexibility index (Phi) is 2.91. The lowest BCUT2D eigenvalue weighted by molar-refractivity contribution is 0.111. The number of aryl methyl sites for hydroxylation is 1. The van der Waals surface area contributed by atoms with Crippen LogP contribution in [0.15, 0.2) is 17.9 Å². The average Bonchev–Trinajstić information content (AvgIpc) is 2.87.